The van der Waals surface area contributed by atoms with E-state index < -0.39 is 28.1 Å². The molecule has 4 rings (SSSR count). The van der Waals surface area contributed by atoms with Gasteiger partial charge in [-0.05, 0) is 72.4 Å². The summed E-state index contributed by atoms with van der Waals surface area (Å²) in [6, 6.07) is 4.95. The fourth-order valence-electron chi connectivity index (χ4n) is 4.67. The van der Waals surface area contributed by atoms with Crippen molar-refractivity contribution in [3.05, 3.63) is 29.4 Å². The SMILES string of the molecule is CC(C)OC(O)N[C@H]1CC[C@H](c2ncc(-c3ccc(NC(=O)OC4COC4)cc3S(=O)(=O)NC(C)(C)C)s2)CC1. The van der Waals surface area contributed by atoms with E-state index in [2.05, 4.69) is 20.3 Å². The third-order valence-electron chi connectivity index (χ3n) is 6.48. The number of sulfonamides is 1. The highest BCUT2D eigenvalue weighted by Gasteiger charge is 2.29. The van der Waals surface area contributed by atoms with Gasteiger partial charge in [0, 0.05) is 34.9 Å². The molecule has 40 heavy (non-hydrogen) atoms. The molecular formula is C27H40N4O7S2. The number of benzene rings is 1. The number of carbonyl (C=O) groups excluding carboxylic acids is 1. The Morgan fingerprint density at radius 3 is 2.48 bits per heavy atom. The summed E-state index contributed by atoms with van der Waals surface area (Å²) in [7, 11) is -3.94. The molecule has 1 aliphatic carbocycles. The van der Waals surface area contributed by atoms with Gasteiger partial charge in [0.2, 0.25) is 16.4 Å². The summed E-state index contributed by atoms with van der Waals surface area (Å²) in [6.45, 7) is 9.77. The Kier molecular flexibility index (Phi) is 9.87. The Labute approximate surface area is 240 Å². The molecule has 0 bridgehead atoms. The van der Waals surface area contributed by atoms with Gasteiger partial charge in [0.05, 0.1) is 34.1 Å². The van der Waals surface area contributed by atoms with Crippen molar-refractivity contribution in [2.24, 2.45) is 0 Å². The van der Waals surface area contributed by atoms with Crippen LogP contribution in [0.3, 0.4) is 0 Å². The molecular weight excluding hydrogens is 556 g/mol. The first-order valence-electron chi connectivity index (χ1n) is 13.6. The molecule has 1 unspecified atom stereocenters. The predicted molar refractivity (Wildman–Crippen MR) is 153 cm³/mol. The zero-order valence-electron chi connectivity index (χ0n) is 23.6. The molecule has 0 radical (unpaired) electrons. The van der Waals surface area contributed by atoms with Crippen molar-refractivity contribution >= 4 is 33.1 Å². The summed E-state index contributed by atoms with van der Waals surface area (Å²) in [5.74, 6) is 0.249. The number of thiazole rings is 1. The van der Waals surface area contributed by atoms with Crippen LogP contribution in [-0.2, 0) is 24.2 Å². The van der Waals surface area contributed by atoms with Gasteiger partial charge >= 0.3 is 6.09 Å². The Balaban J connectivity index is 1.51. The van der Waals surface area contributed by atoms with Gasteiger partial charge in [-0.25, -0.2) is 22.9 Å². The number of nitrogens with one attached hydrogen (secondary N) is 3. The summed E-state index contributed by atoms with van der Waals surface area (Å²) in [5, 5.41) is 16.7. The third kappa shape index (κ3) is 8.44. The number of nitrogens with zero attached hydrogens (tertiary/aromatic N) is 1. The molecule has 2 heterocycles. The Bertz CT molecular complexity index is 1260. The van der Waals surface area contributed by atoms with Crippen LogP contribution in [0.5, 0.6) is 0 Å². The van der Waals surface area contributed by atoms with Crippen molar-refractivity contribution in [1.82, 2.24) is 15.0 Å². The zero-order chi connectivity index (χ0) is 29.1. The van der Waals surface area contributed by atoms with Crippen molar-refractivity contribution < 1.29 is 32.5 Å². The molecule has 1 aliphatic heterocycles. The number of aliphatic hydroxyl groups is 1. The van der Waals surface area contributed by atoms with E-state index in [-0.39, 0.29) is 29.1 Å². The van der Waals surface area contributed by atoms with Crippen LogP contribution in [0, 0.1) is 0 Å². The number of carbonyl (C=O) groups is 1. The minimum absolute atomic E-state index is 0.0504. The van der Waals surface area contributed by atoms with Crippen molar-refractivity contribution in [3.63, 3.8) is 0 Å². The fourth-order valence-corrected chi connectivity index (χ4v) is 7.53. The van der Waals surface area contributed by atoms with Gasteiger partial charge in [0.15, 0.2) is 6.10 Å². The van der Waals surface area contributed by atoms with Gasteiger partial charge < -0.3 is 19.3 Å². The summed E-state index contributed by atoms with van der Waals surface area (Å²) >= 11 is 1.48. The Hall–Kier alpha value is -2.13. The van der Waals surface area contributed by atoms with E-state index in [0.29, 0.717) is 24.5 Å². The lowest BCUT2D eigenvalue weighted by molar-refractivity contribution is -0.150. The number of hydrogen-bond donors (Lipinski definition) is 4. The smallest absolute Gasteiger partial charge is 0.412 e. The molecule has 2 fully saturated rings. The molecule has 1 amide bonds. The average molecular weight is 597 g/mol. The van der Waals surface area contributed by atoms with Crippen LogP contribution in [0.2, 0.25) is 0 Å². The maximum atomic E-state index is 13.5. The van der Waals surface area contributed by atoms with Crippen LogP contribution in [0.15, 0.2) is 29.3 Å². The predicted octanol–water partition coefficient (Wildman–Crippen LogP) is 4.15. The summed E-state index contributed by atoms with van der Waals surface area (Å²) < 4.78 is 45.4. The van der Waals surface area contributed by atoms with Crippen LogP contribution in [-0.4, -0.2) is 68.0 Å². The lowest BCUT2D eigenvalue weighted by Gasteiger charge is -2.30. The number of rotatable bonds is 10. The normalized spacial score (nSPS) is 21.2. The summed E-state index contributed by atoms with van der Waals surface area (Å²) in [4.78, 5) is 17.7. The van der Waals surface area contributed by atoms with E-state index in [1.54, 1.807) is 39.1 Å². The van der Waals surface area contributed by atoms with Crippen LogP contribution < -0.4 is 15.4 Å². The largest absolute Gasteiger partial charge is 0.441 e. The van der Waals surface area contributed by atoms with E-state index >= 15 is 0 Å². The van der Waals surface area contributed by atoms with Crippen molar-refractivity contribution in [2.45, 2.75) is 101 Å². The number of anilines is 1. The maximum absolute atomic E-state index is 13.5. The molecule has 0 spiro atoms. The lowest BCUT2D eigenvalue weighted by atomic mass is 9.86. The third-order valence-corrected chi connectivity index (χ3v) is 9.48. The number of aliphatic hydroxyl groups excluding tert-OH is 1. The van der Waals surface area contributed by atoms with Gasteiger partial charge in [0.25, 0.3) is 0 Å². The number of hydrogen-bond acceptors (Lipinski definition) is 10. The van der Waals surface area contributed by atoms with Gasteiger partial charge in [-0.15, -0.1) is 11.3 Å². The Morgan fingerprint density at radius 2 is 1.88 bits per heavy atom. The highest BCUT2D eigenvalue weighted by atomic mass is 32.2. The van der Waals surface area contributed by atoms with Gasteiger partial charge in [0.1, 0.15) is 0 Å². The second-order valence-electron chi connectivity index (χ2n) is 11.6. The van der Waals surface area contributed by atoms with Crippen LogP contribution in [0.25, 0.3) is 10.4 Å². The zero-order valence-corrected chi connectivity index (χ0v) is 25.2. The molecule has 1 saturated heterocycles. The molecule has 2 aliphatic rings. The van der Waals surface area contributed by atoms with Gasteiger partial charge in [-0.2, -0.15) is 0 Å². The van der Waals surface area contributed by atoms with E-state index in [9.17, 15) is 18.3 Å². The Morgan fingerprint density at radius 1 is 1.18 bits per heavy atom. The minimum Gasteiger partial charge on any atom is -0.441 e. The van der Waals surface area contributed by atoms with E-state index in [1.165, 1.54) is 17.4 Å². The minimum atomic E-state index is -3.94. The van der Waals surface area contributed by atoms with E-state index in [1.807, 2.05) is 13.8 Å². The van der Waals surface area contributed by atoms with Crippen LogP contribution >= 0.6 is 11.3 Å². The molecule has 222 valence electrons. The van der Waals surface area contributed by atoms with E-state index in [0.717, 1.165) is 35.6 Å². The fraction of sp³-hybridized carbons (Fsp3) is 0.630. The first-order chi connectivity index (χ1) is 18.8. The van der Waals surface area contributed by atoms with Crippen molar-refractivity contribution in [1.29, 1.82) is 0 Å². The molecule has 4 N–H and O–H groups in total. The second kappa shape index (κ2) is 12.8. The van der Waals surface area contributed by atoms with Crippen LogP contribution in [0.1, 0.15) is 71.2 Å². The number of aromatic nitrogens is 1. The first kappa shape index (κ1) is 30.8. The number of ether oxygens (including phenoxy) is 3. The quantitative estimate of drug-likeness (QED) is 0.297. The second-order valence-corrected chi connectivity index (χ2v) is 14.3. The standard InChI is InChI=1S/C27H40N4O7S2/c1-16(2)37-25(32)29-18-8-6-17(7-9-18)24-28-13-22(39-24)21-11-10-19(30-26(33)38-20-14-36-15-20)12-23(21)40(34,35)31-27(3,4)5/h10-13,16-18,20,25,29,31-32H,6-9,14-15H2,1-5H3,(H,30,33)/t17-,18-,25?. The monoisotopic (exact) mass is 596 g/mol. The first-order valence-corrected chi connectivity index (χ1v) is 15.9. The average Bonchev–Trinajstić information content (AvgIpc) is 3.30. The molecule has 1 saturated carbocycles. The van der Waals surface area contributed by atoms with Crippen molar-refractivity contribution in [3.8, 4) is 10.4 Å². The van der Waals surface area contributed by atoms with Crippen LogP contribution in [0.4, 0.5) is 10.5 Å². The summed E-state index contributed by atoms with van der Waals surface area (Å²) in [6.07, 6.45) is 3.23. The summed E-state index contributed by atoms with van der Waals surface area (Å²) in [5.41, 5.74) is 0.112. The topological polar surface area (TPSA) is 148 Å². The van der Waals surface area contributed by atoms with E-state index in [4.69, 9.17) is 14.2 Å². The molecule has 1 aromatic carbocycles. The molecule has 13 heteroatoms. The van der Waals surface area contributed by atoms with Crippen molar-refractivity contribution in [2.75, 3.05) is 18.5 Å². The highest BCUT2D eigenvalue weighted by Crippen LogP contribution is 2.40. The lowest BCUT2D eigenvalue weighted by Crippen LogP contribution is -2.42. The van der Waals surface area contributed by atoms with Gasteiger partial charge in [-0.1, -0.05) is 6.07 Å². The molecule has 1 aromatic heterocycles. The number of amides is 1. The molecule has 1 atom stereocenters. The maximum Gasteiger partial charge on any atom is 0.412 e. The van der Waals surface area contributed by atoms with Gasteiger partial charge in [-0.3, -0.25) is 10.6 Å². The molecule has 2 aromatic rings. The highest BCUT2D eigenvalue weighted by molar-refractivity contribution is 7.89. The molecule has 11 nitrogen and oxygen atoms in total.